The van der Waals surface area contributed by atoms with Crippen molar-refractivity contribution in [1.82, 2.24) is 0 Å². The lowest BCUT2D eigenvalue weighted by Crippen LogP contribution is -2.09. The van der Waals surface area contributed by atoms with Crippen LogP contribution in [0.1, 0.15) is 188 Å². The monoisotopic (exact) mass is 537 g/mol. The maximum atomic E-state index is 11.7. The Hall–Kier alpha value is -0.990. The molecule has 0 spiro atoms. The molecule has 0 rings (SSSR count). The molecule has 0 amide bonds. The van der Waals surface area contributed by atoms with Gasteiger partial charge >= 0.3 is 6.16 Å². The van der Waals surface area contributed by atoms with E-state index in [-0.39, 0.29) is 0 Å². The zero-order valence-electron chi connectivity index (χ0n) is 26.3. The lowest BCUT2D eigenvalue weighted by atomic mass is 10.0. The number of unbranched alkanes of at least 4 members (excludes halogenated alkanes) is 22. The minimum Gasteiger partial charge on any atom is -0.434 e. The lowest BCUT2D eigenvalue weighted by Gasteiger charge is -2.07. The minimum atomic E-state index is -0.480. The van der Waals surface area contributed by atoms with Gasteiger partial charge in [0.15, 0.2) is 0 Å². The van der Waals surface area contributed by atoms with E-state index in [2.05, 4.69) is 32.9 Å². The van der Waals surface area contributed by atoms with E-state index in [4.69, 9.17) is 9.47 Å². The maximum absolute atomic E-state index is 11.7. The molecule has 0 saturated carbocycles. The van der Waals surface area contributed by atoms with Crippen molar-refractivity contribution in [3.05, 3.63) is 12.2 Å². The van der Waals surface area contributed by atoms with Gasteiger partial charge in [-0.05, 0) is 44.4 Å². The van der Waals surface area contributed by atoms with Gasteiger partial charge in [0.2, 0.25) is 0 Å². The summed E-state index contributed by atoms with van der Waals surface area (Å²) < 4.78 is 10.4. The smallest absolute Gasteiger partial charge is 0.434 e. The van der Waals surface area contributed by atoms with E-state index in [1.165, 1.54) is 141 Å². The van der Waals surface area contributed by atoms with Gasteiger partial charge in [0.05, 0.1) is 13.2 Å². The molecule has 0 aromatic rings. The fourth-order valence-electron chi connectivity index (χ4n) is 4.95. The quantitative estimate of drug-likeness (QED) is 0.0520. The third-order valence-corrected chi connectivity index (χ3v) is 7.52. The second kappa shape index (κ2) is 32.2. The van der Waals surface area contributed by atoms with Crippen LogP contribution < -0.4 is 0 Å². The summed E-state index contributed by atoms with van der Waals surface area (Å²) >= 11 is 0. The van der Waals surface area contributed by atoms with Crippen LogP contribution in [0.4, 0.5) is 4.79 Å². The van der Waals surface area contributed by atoms with Crippen LogP contribution in [0, 0.1) is 5.92 Å². The molecule has 0 radical (unpaired) electrons. The average Bonchev–Trinajstić information content (AvgIpc) is 2.90. The molecule has 0 fully saturated rings. The van der Waals surface area contributed by atoms with Crippen molar-refractivity contribution in [3.8, 4) is 0 Å². The Morgan fingerprint density at radius 2 is 0.842 bits per heavy atom. The zero-order chi connectivity index (χ0) is 27.8. The number of ether oxygens (including phenoxy) is 2. The Labute approximate surface area is 239 Å². The molecule has 226 valence electrons. The van der Waals surface area contributed by atoms with Crippen LogP contribution in [0.25, 0.3) is 0 Å². The summed E-state index contributed by atoms with van der Waals surface area (Å²) in [5, 5.41) is 0. The van der Waals surface area contributed by atoms with Crippen LogP contribution in [0.5, 0.6) is 0 Å². The van der Waals surface area contributed by atoms with Gasteiger partial charge in [-0.1, -0.05) is 161 Å². The molecule has 0 unspecified atom stereocenters. The molecule has 0 aromatic carbocycles. The molecular weight excluding hydrogens is 468 g/mol. The molecule has 0 bridgehead atoms. The Morgan fingerprint density at radius 1 is 0.500 bits per heavy atom. The molecule has 0 N–H and O–H groups in total. The zero-order valence-corrected chi connectivity index (χ0v) is 26.3. The molecule has 0 aliphatic carbocycles. The van der Waals surface area contributed by atoms with Gasteiger partial charge in [-0.3, -0.25) is 0 Å². The van der Waals surface area contributed by atoms with Crippen LogP contribution in [0.15, 0.2) is 12.2 Å². The van der Waals surface area contributed by atoms with Crippen LogP contribution in [-0.2, 0) is 9.47 Å². The van der Waals surface area contributed by atoms with E-state index in [1.807, 2.05) is 0 Å². The maximum Gasteiger partial charge on any atom is 0.508 e. The molecule has 0 atom stereocenters. The third kappa shape index (κ3) is 33.0. The van der Waals surface area contributed by atoms with Gasteiger partial charge in [0.25, 0.3) is 0 Å². The van der Waals surface area contributed by atoms with Crippen molar-refractivity contribution >= 4 is 6.16 Å². The molecule has 0 aliphatic rings. The minimum absolute atomic E-state index is 0.480. The first kappa shape index (κ1) is 37.0. The van der Waals surface area contributed by atoms with Crippen LogP contribution in [0.2, 0.25) is 0 Å². The molecule has 38 heavy (non-hydrogen) atoms. The lowest BCUT2D eigenvalue weighted by molar-refractivity contribution is 0.0529. The summed E-state index contributed by atoms with van der Waals surface area (Å²) in [6, 6.07) is 0. The number of carbonyl (C=O) groups is 1. The number of hydrogen-bond acceptors (Lipinski definition) is 3. The summed E-state index contributed by atoms with van der Waals surface area (Å²) in [5.74, 6) is 0.859. The summed E-state index contributed by atoms with van der Waals surface area (Å²) in [4.78, 5) is 11.7. The molecule has 3 nitrogen and oxygen atoms in total. The number of allylic oxidation sites excluding steroid dienone is 2. The highest BCUT2D eigenvalue weighted by atomic mass is 16.7. The normalized spacial score (nSPS) is 11.6. The van der Waals surface area contributed by atoms with Gasteiger partial charge in [-0.25, -0.2) is 4.79 Å². The number of hydrogen-bond donors (Lipinski definition) is 0. The first-order chi connectivity index (χ1) is 18.7. The van der Waals surface area contributed by atoms with E-state index in [1.54, 1.807) is 0 Å². The third-order valence-electron chi connectivity index (χ3n) is 7.52. The Bertz CT molecular complexity index is 486. The number of rotatable bonds is 30. The van der Waals surface area contributed by atoms with Crippen molar-refractivity contribution < 1.29 is 14.3 Å². The molecule has 0 heterocycles. The van der Waals surface area contributed by atoms with Gasteiger partial charge in [0, 0.05) is 0 Å². The van der Waals surface area contributed by atoms with E-state index in [0.29, 0.717) is 13.2 Å². The second-order valence-electron chi connectivity index (χ2n) is 12.0. The van der Waals surface area contributed by atoms with Crippen molar-refractivity contribution in [2.75, 3.05) is 13.2 Å². The van der Waals surface area contributed by atoms with Crippen LogP contribution in [-0.4, -0.2) is 19.4 Å². The van der Waals surface area contributed by atoms with E-state index >= 15 is 0 Å². The molecule has 0 saturated heterocycles. The summed E-state index contributed by atoms with van der Waals surface area (Å²) in [6.45, 7) is 7.91. The standard InChI is InChI=1S/C35H68O3/c1-4-5-6-7-8-9-10-11-12-13-14-17-20-23-26-29-32-37-35(36)38-33-30-27-24-21-18-15-16-19-22-25-28-31-34(2)3/h11-12,34H,4-10,13-33H2,1-3H3/b12-11-. The van der Waals surface area contributed by atoms with Crippen LogP contribution in [0.3, 0.4) is 0 Å². The van der Waals surface area contributed by atoms with E-state index in [0.717, 1.165) is 31.6 Å². The van der Waals surface area contributed by atoms with E-state index < -0.39 is 6.16 Å². The molecule has 3 heteroatoms. The van der Waals surface area contributed by atoms with Crippen molar-refractivity contribution in [1.29, 1.82) is 0 Å². The fourth-order valence-corrected chi connectivity index (χ4v) is 4.95. The van der Waals surface area contributed by atoms with Gasteiger partial charge in [-0.2, -0.15) is 0 Å². The Balaban J connectivity index is 3.19. The topological polar surface area (TPSA) is 35.5 Å². The average molecular weight is 537 g/mol. The first-order valence-electron chi connectivity index (χ1n) is 17.1. The fraction of sp³-hybridized carbons (Fsp3) is 0.914. The first-order valence-corrected chi connectivity index (χ1v) is 17.1. The predicted octanol–water partition coefficient (Wildman–Crippen LogP) is 12.5. The Morgan fingerprint density at radius 3 is 1.24 bits per heavy atom. The highest BCUT2D eigenvalue weighted by Crippen LogP contribution is 2.14. The summed E-state index contributed by atoms with van der Waals surface area (Å²) in [5.41, 5.74) is 0. The van der Waals surface area contributed by atoms with Crippen LogP contribution >= 0.6 is 0 Å². The highest BCUT2D eigenvalue weighted by Gasteiger charge is 2.03. The number of carbonyl (C=O) groups excluding carboxylic acids is 1. The van der Waals surface area contributed by atoms with Crippen molar-refractivity contribution in [2.24, 2.45) is 5.92 Å². The van der Waals surface area contributed by atoms with Gasteiger partial charge < -0.3 is 9.47 Å². The SMILES string of the molecule is CCCCCCCC/C=C\CCCCCCCCOC(=O)OCCCCCCCCCCCCCC(C)C. The predicted molar refractivity (Wildman–Crippen MR) is 167 cm³/mol. The summed E-state index contributed by atoms with van der Waals surface area (Å²) in [6.07, 6.45) is 38.1. The molecule has 0 aromatic heterocycles. The second-order valence-corrected chi connectivity index (χ2v) is 12.0. The summed E-state index contributed by atoms with van der Waals surface area (Å²) in [7, 11) is 0. The van der Waals surface area contributed by atoms with Gasteiger partial charge in [0.1, 0.15) is 0 Å². The van der Waals surface area contributed by atoms with Crippen molar-refractivity contribution in [3.63, 3.8) is 0 Å². The largest absolute Gasteiger partial charge is 0.508 e. The highest BCUT2D eigenvalue weighted by molar-refractivity contribution is 5.59. The Kier molecular flexibility index (Phi) is 31.4. The molecule has 0 aliphatic heterocycles. The van der Waals surface area contributed by atoms with Crippen molar-refractivity contribution in [2.45, 2.75) is 188 Å². The van der Waals surface area contributed by atoms with Gasteiger partial charge in [-0.15, -0.1) is 0 Å². The molecular formula is C35H68O3. The van der Waals surface area contributed by atoms with E-state index in [9.17, 15) is 4.79 Å².